The zero-order valence-corrected chi connectivity index (χ0v) is 9.39. The summed E-state index contributed by atoms with van der Waals surface area (Å²) in [5.74, 6) is 0. The number of aromatic nitrogens is 2. The lowest BCUT2D eigenvalue weighted by molar-refractivity contribution is 0.880. The first-order chi connectivity index (χ1) is 6.25. The molecule has 13 heavy (non-hydrogen) atoms. The average Bonchev–Trinajstić information content (AvgIpc) is 2.53. The maximum absolute atomic E-state index is 4.22. The quantitative estimate of drug-likeness (QED) is 0.736. The van der Waals surface area contributed by atoms with Crippen molar-refractivity contribution in [1.82, 2.24) is 9.78 Å². The monoisotopic (exact) mass is 284 g/mol. The van der Waals surface area contributed by atoms with Crippen molar-refractivity contribution in [2.75, 3.05) is 0 Å². The number of hydrogen-bond donors (Lipinski definition) is 0. The topological polar surface area (TPSA) is 17.8 Å². The van der Waals surface area contributed by atoms with Gasteiger partial charge in [0.25, 0.3) is 0 Å². The predicted molar refractivity (Wildman–Crippen MR) is 61.0 cm³/mol. The number of halogens is 1. The number of rotatable bonds is 1. The normalized spacial score (nSPS) is 10.3. The smallest absolute Gasteiger partial charge is 0.0646 e. The van der Waals surface area contributed by atoms with Crippen molar-refractivity contribution < 1.29 is 0 Å². The minimum absolute atomic E-state index is 1.11. The van der Waals surface area contributed by atoms with E-state index in [0.29, 0.717) is 0 Å². The maximum Gasteiger partial charge on any atom is 0.0646 e. The van der Waals surface area contributed by atoms with Gasteiger partial charge in [0, 0.05) is 6.20 Å². The van der Waals surface area contributed by atoms with Crippen molar-refractivity contribution in [3.63, 3.8) is 0 Å². The SMILES string of the molecule is Cc1ccc(-n2cc(I)cn2)cc1. The van der Waals surface area contributed by atoms with Gasteiger partial charge in [0.2, 0.25) is 0 Å². The second-order valence-electron chi connectivity index (χ2n) is 2.94. The summed E-state index contributed by atoms with van der Waals surface area (Å²) in [6.07, 6.45) is 3.85. The van der Waals surface area contributed by atoms with E-state index in [1.54, 1.807) is 0 Å². The lowest BCUT2D eigenvalue weighted by Crippen LogP contribution is -1.93. The van der Waals surface area contributed by atoms with Crippen LogP contribution in [0.15, 0.2) is 36.7 Å². The highest BCUT2D eigenvalue weighted by Gasteiger charge is 1.96. The van der Waals surface area contributed by atoms with Gasteiger partial charge in [-0.1, -0.05) is 17.7 Å². The molecule has 66 valence electrons. The van der Waals surface area contributed by atoms with Crippen LogP contribution in [0.5, 0.6) is 0 Å². The van der Waals surface area contributed by atoms with Crippen LogP contribution in [-0.2, 0) is 0 Å². The van der Waals surface area contributed by atoms with Gasteiger partial charge in [-0.3, -0.25) is 0 Å². The van der Waals surface area contributed by atoms with Crippen molar-refractivity contribution in [2.24, 2.45) is 0 Å². The standard InChI is InChI=1S/C10H9IN2/c1-8-2-4-10(5-3-8)13-7-9(11)6-12-13/h2-7H,1H3. The zero-order chi connectivity index (χ0) is 9.26. The maximum atomic E-state index is 4.22. The van der Waals surface area contributed by atoms with Crippen LogP contribution in [0.25, 0.3) is 5.69 Å². The first-order valence-corrected chi connectivity index (χ1v) is 5.11. The van der Waals surface area contributed by atoms with Gasteiger partial charge in [0.05, 0.1) is 15.5 Å². The number of benzene rings is 1. The van der Waals surface area contributed by atoms with E-state index in [9.17, 15) is 0 Å². The van der Waals surface area contributed by atoms with Gasteiger partial charge >= 0.3 is 0 Å². The Kier molecular flexibility index (Phi) is 2.35. The Morgan fingerprint density at radius 1 is 1.23 bits per heavy atom. The molecular formula is C10H9IN2. The van der Waals surface area contributed by atoms with Gasteiger partial charge in [-0.15, -0.1) is 0 Å². The molecule has 0 amide bonds. The van der Waals surface area contributed by atoms with Gasteiger partial charge in [-0.05, 0) is 41.6 Å². The summed E-state index contributed by atoms with van der Waals surface area (Å²) in [4.78, 5) is 0. The van der Waals surface area contributed by atoms with Crippen LogP contribution in [0.3, 0.4) is 0 Å². The molecule has 0 atom stereocenters. The number of nitrogens with zero attached hydrogens (tertiary/aromatic N) is 2. The Bertz CT molecular complexity index is 403. The van der Waals surface area contributed by atoms with E-state index >= 15 is 0 Å². The molecule has 0 fully saturated rings. The van der Waals surface area contributed by atoms with E-state index in [2.05, 4.69) is 58.9 Å². The third-order valence-electron chi connectivity index (χ3n) is 1.85. The molecule has 1 aromatic heterocycles. The summed E-state index contributed by atoms with van der Waals surface area (Å²) in [6.45, 7) is 2.08. The van der Waals surface area contributed by atoms with Crippen molar-refractivity contribution in [1.29, 1.82) is 0 Å². The molecule has 0 bridgehead atoms. The molecule has 1 heterocycles. The molecule has 3 heteroatoms. The Morgan fingerprint density at radius 2 is 1.92 bits per heavy atom. The average molecular weight is 284 g/mol. The number of aryl methyl sites for hydroxylation is 1. The lowest BCUT2D eigenvalue weighted by atomic mass is 10.2. The van der Waals surface area contributed by atoms with Crippen LogP contribution in [0.2, 0.25) is 0 Å². The Hall–Kier alpha value is -0.840. The van der Waals surface area contributed by atoms with Crippen LogP contribution in [0.4, 0.5) is 0 Å². The van der Waals surface area contributed by atoms with Crippen molar-refractivity contribution >= 4 is 22.6 Å². The summed E-state index contributed by atoms with van der Waals surface area (Å²) < 4.78 is 3.03. The highest BCUT2D eigenvalue weighted by Crippen LogP contribution is 2.10. The summed E-state index contributed by atoms with van der Waals surface area (Å²) in [7, 11) is 0. The minimum Gasteiger partial charge on any atom is -0.240 e. The summed E-state index contributed by atoms with van der Waals surface area (Å²) in [5, 5.41) is 4.22. The summed E-state index contributed by atoms with van der Waals surface area (Å²) >= 11 is 2.25. The highest BCUT2D eigenvalue weighted by molar-refractivity contribution is 14.1. The van der Waals surface area contributed by atoms with Gasteiger partial charge in [-0.2, -0.15) is 5.10 Å². The second-order valence-corrected chi connectivity index (χ2v) is 4.18. The van der Waals surface area contributed by atoms with E-state index < -0.39 is 0 Å². The minimum atomic E-state index is 1.11. The van der Waals surface area contributed by atoms with Crippen molar-refractivity contribution in [3.05, 3.63) is 45.8 Å². The van der Waals surface area contributed by atoms with Crippen LogP contribution >= 0.6 is 22.6 Å². The van der Waals surface area contributed by atoms with E-state index in [1.165, 1.54) is 5.56 Å². The molecule has 0 radical (unpaired) electrons. The molecule has 0 aliphatic carbocycles. The molecule has 0 aliphatic rings. The molecule has 1 aromatic carbocycles. The molecule has 0 saturated heterocycles. The first-order valence-electron chi connectivity index (χ1n) is 4.03. The molecule has 0 unspecified atom stereocenters. The van der Waals surface area contributed by atoms with Gasteiger partial charge < -0.3 is 0 Å². The molecule has 0 aliphatic heterocycles. The predicted octanol–water partition coefficient (Wildman–Crippen LogP) is 2.79. The summed E-state index contributed by atoms with van der Waals surface area (Å²) in [6, 6.07) is 8.31. The third kappa shape index (κ3) is 1.91. The molecular weight excluding hydrogens is 275 g/mol. The third-order valence-corrected chi connectivity index (χ3v) is 2.41. The Labute approximate surface area is 90.7 Å². The first kappa shape index (κ1) is 8.74. The molecule has 0 spiro atoms. The molecule has 0 saturated carbocycles. The Morgan fingerprint density at radius 3 is 2.46 bits per heavy atom. The largest absolute Gasteiger partial charge is 0.240 e. The van der Waals surface area contributed by atoms with Crippen LogP contribution in [0.1, 0.15) is 5.56 Å². The molecule has 2 nitrogen and oxygen atoms in total. The van der Waals surface area contributed by atoms with Crippen LogP contribution < -0.4 is 0 Å². The van der Waals surface area contributed by atoms with Gasteiger partial charge in [0.1, 0.15) is 0 Å². The van der Waals surface area contributed by atoms with E-state index in [4.69, 9.17) is 0 Å². The fourth-order valence-electron chi connectivity index (χ4n) is 1.14. The zero-order valence-electron chi connectivity index (χ0n) is 7.24. The lowest BCUT2D eigenvalue weighted by Gasteiger charge is -2.00. The van der Waals surface area contributed by atoms with E-state index in [1.807, 2.05) is 17.1 Å². The van der Waals surface area contributed by atoms with Crippen LogP contribution in [0, 0.1) is 10.5 Å². The number of hydrogen-bond acceptors (Lipinski definition) is 1. The van der Waals surface area contributed by atoms with Gasteiger partial charge in [0.15, 0.2) is 0 Å². The fraction of sp³-hybridized carbons (Fsp3) is 0.100. The highest BCUT2D eigenvalue weighted by atomic mass is 127. The fourth-order valence-corrected chi connectivity index (χ4v) is 1.53. The van der Waals surface area contributed by atoms with E-state index in [-0.39, 0.29) is 0 Å². The summed E-state index contributed by atoms with van der Waals surface area (Å²) in [5.41, 5.74) is 2.37. The van der Waals surface area contributed by atoms with Crippen LogP contribution in [-0.4, -0.2) is 9.78 Å². The second kappa shape index (κ2) is 3.49. The molecule has 2 aromatic rings. The molecule has 0 N–H and O–H groups in total. The van der Waals surface area contributed by atoms with Crippen molar-refractivity contribution in [2.45, 2.75) is 6.92 Å². The molecule has 2 rings (SSSR count). The van der Waals surface area contributed by atoms with Gasteiger partial charge in [-0.25, -0.2) is 4.68 Å². The Balaban J connectivity index is 2.41. The van der Waals surface area contributed by atoms with Crippen molar-refractivity contribution in [3.8, 4) is 5.69 Å². The van der Waals surface area contributed by atoms with E-state index in [0.717, 1.165) is 9.26 Å².